The van der Waals surface area contributed by atoms with Crippen molar-refractivity contribution in [2.24, 2.45) is 0 Å². The van der Waals surface area contributed by atoms with E-state index in [-0.39, 0.29) is 6.10 Å². The van der Waals surface area contributed by atoms with Crippen LogP contribution in [0.5, 0.6) is 0 Å². The molecule has 0 saturated carbocycles. The Morgan fingerprint density at radius 2 is 0.917 bits per heavy atom. The van der Waals surface area contributed by atoms with E-state index in [1.54, 1.807) is 0 Å². The van der Waals surface area contributed by atoms with Crippen LogP contribution in [0.2, 0.25) is 0 Å². The van der Waals surface area contributed by atoms with Crippen LogP contribution in [0.25, 0.3) is 0 Å². The lowest BCUT2D eigenvalue weighted by Crippen LogP contribution is -2.22. The summed E-state index contributed by atoms with van der Waals surface area (Å²) >= 11 is 0. The monoisotopic (exact) mass is 338 g/mol. The molecule has 0 radical (unpaired) electrons. The molecule has 0 aromatic rings. The predicted molar refractivity (Wildman–Crippen MR) is 103 cm³/mol. The number of ether oxygens (including phenoxy) is 3. The van der Waals surface area contributed by atoms with Crippen molar-refractivity contribution in [3.8, 4) is 0 Å². The molecule has 0 amide bonds. The zero-order chi connectivity index (χ0) is 18.2. The van der Waals surface area contributed by atoms with Crippen LogP contribution in [0.1, 0.15) is 80.1 Å². The Kier molecular flexibility index (Phi) is 14.3. The molecule has 0 unspecified atom stereocenters. The van der Waals surface area contributed by atoms with Gasteiger partial charge in [-0.1, -0.05) is 41.5 Å². The number of allylic oxidation sites excluding steroid dienone is 3. The fourth-order valence-electron chi connectivity index (χ4n) is 2.12. The van der Waals surface area contributed by atoms with E-state index in [0.29, 0.717) is 13.2 Å². The maximum atomic E-state index is 5.91. The molecule has 24 heavy (non-hydrogen) atoms. The fourth-order valence-corrected chi connectivity index (χ4v) is 2.12. The van der Waals surface area contributed by atoms with Crippen LogP contribution in [-0.4, -0.2) is 19.3 Å². The lowest BCUT2D eigenvalue weighted by atomic mass is 10.2. The van der Waals surface area contributed by atoms with Gasteiger partial charge in [0.15, 0.2) is 6.10 Å². The molecule has 0 atom stereocenters. The van der Waals surface area contributed by atoms with Gasteiger partial charge in [0.25, 0.3) is 0 Å². The van der Waals surface area contributed by atoms with E-state index in [2.05, 4.69) is 41.5 Å². The molecule has 0 aliphatic rings. The maximum Gasteiger partial charge on any atom is 0.165 e. The molecular weight excluding hydrogens is 300 g/mol. The van der Waals surface area contributed by atoms with Crippen molar-refractivity contribution in [1.29, 1.82) is 0 Å². The zero-order valence-corrected chi connectivity index (χ0v) is 16.7. The van der Waals surface area contributed by atoms with Gasteiger partial charge in [0.05, 0.1) is 18.8 Å². The molecule has 0 bridgehead atoms. The SMILES string of the molecule is CCC(=COCC(COC=C(CC)CC)OC=C(CC)CC)CC. The first-order chi connectivity index (χ1) is 11.6. The predicted octanol–water partition coefficient (Wildman–Crippen LogP) is 6.52. The summed E-state index contributed by atoms with van der Waals surface area (Å²) in [6, 6.07) is 0. The Balaban J connectivity index is 4.67. The number of hydrogen-bond acceptors (Lipinski definition) is 3. The average molecular weight is 339 g/mol. The van der Waals surface area contributed by atoms with Gasteiger partial charge in [-0.05, 0) is 55.2 Å². The lowest BCUT2D eigenvalue weighted by Gasteiger charge is -2.17. The third-order valence-electron chi connectivity index (χ3n) is 4.22. The van der Waals surface area contributed by atoms with Gasteiger partial charge in [-0.15, -0.1) is 0 Å². The summed E-state index contributed by atoms with van der Waals surface area (Å²) < 4.78 is 17.4. The van der Waals surface area contributed by atoms with Gasteiger partial charge >= 0.3 is 0 Å². The lowest BCUT2D eigenvalue weighted by molar-refractivity contribution is 0.0189. The molecule has 3 nitrogen and oxygen atoms in total. The third kappa shape index (κ3) is 10.4. The highest BCUT2D eigenvalue weighted by atomic mass is 16.6. The largest absolute Gasteiger partial charge is 0.497 e. The van der Waals surface area contributed by atoms with Gasteiger partial charge in [-0.2, -0.15) is 0 Å². The summed E-state index contributed by atoms with van der Waals surface area (Å²) in [7, 11) is 0. The summed E-state index contributed by atoms with van der Waals surface area (Å²) in [5.74, 6) is 0. The topological polar surface area (TPSA) is 27.7 Å². The van der Waals surface area contributed by atoms with Crippen molar-refractivity contribution in [3.63, 3.8) is 0 Å². The second-order valence-corrected chi connectivity index (χ2v) is 5.87. The van der Waals surface area contributed by atoms with Crippen LogP contribution in [0.4, 0.5) is 0 Å². The van der Waals surface area contributed by atoms with E-state index in [1.165, 1.54) is 16.7 Å². The highest BCUT2D eigenvalue weighted by Gasteiger charge is 2.10. The summed E-state index contributed by atoms with van der Waals surface area (Å²) in [5, 5.41) is 0. The van der Waals surface area contributed by atoms with Crippen LogP contribution < -0.4 is 0 Å². The van der Waals surface area contributed by atoms with Gasteiger partial charge < -0.3 is 14.2 Å². The van der Waals surface area contributed by atoms with Crippen molar-refractivity contribution < 1.29 is 14.2 Å². The van der Waals surface area contributed by atoms with E-state index >= 15 is 0 Å². The van der Waals surface area contributed by atoms with Gasteiger partial charge in [0.2, 0.25) is 0 Å². The first-order valence-corrected chi connectivity index (χ1v) is 9.57. The molecule has 3 heteroatoms. The van der Waals surface area contributed by atoms with E-state index in [1.807, 2.05) is 18.8 Å². The molecule has 0 N–H and O–H groups in total. The van der Waals surface area contributed by atoms with Crippen LogP contribution in [-0.2, 0) is 14.2 Å². The molecular formula is C21H38O3. The van der Waals surface area contributed by atoms with Crippen LogP contribution in [0.15, 0.2) is 35.5 Å². The first kappa shape index (κ1) is 22.6. The second kappa shape index (κ2) is 15.2. The Labute approximate surface area is 149 Å². The standard InChI is InChI=1S/C21H38O3/c1-7-18(8-2)13-22-16-21(24-15-20(11-5)12-6)17-23-14-19(9-3)10-4/h13-15,21H,7-12,16-17H2,1-6H3. The van der Waals surface area contributed by atoms with Crippen LogP contribution in [0.3, 0.4) is 0 Å². The maximum absolute atomic E-state index is 5.91. The van der Waals surface area contributed by atoms with Crippen molar-refractivity contribution in [2.75, 3.05) is 13.2 Å². The quantitative estimate of drug-likeness (QED) is 0.338. The highest BCUT2D eigenvalue weighted by Crippen LogP contribution is 2.10. The van der Waals surface area contributed by atoms with E-state index in [4.69, 9.17) is 14.2 Å². The Morgan fingerprint density at radius 1 is 0.583 bits per heavy atom. The molecule has 0 heterocycles. The normalized spacial score (nSPS) is 10.1. The molecule has 0 rings (SSSR count). The minimum absolute atomic E-state index is 0.101. The van der Waals surface area contributed by atoms with Gasteiger partial charge in [-0.25, -0.2) is 0 Å². The smallest absolute Gasteiger partial charge is 0.165 e. The summed E-state index contributed by atoms with van der Waals surface area (Å²) in [5.41, 5.74) is 3.93. The minimum Gasteiger partial charge on any atom is -0.497 e. The van der Waals surface area contributed by atoms with Crippen molar-refractivity contribution in [2.45, 2.75) is 86.2 Å². The van der Waals surface area contributed by atoms with Gasteiger partial charge in [0.1, 0.15) is 13.2 Å². The number of rotatable bonds is 14. The Morgan fingerprint density at radius 3 is 1.25 bits per heavy atom. The summed E-state index contributed by atoms with van der Waals surface area (Å²) in [4.78, 5) is 0. The molecule has 0 aromatic heterocycles. The second-order valence-electron chi connectivity index (χ2n) is 5.87. The van der Waals surface area contributed by atoms with E-state index in [0.717, 1.165) is 38.5 Å². The van der Waals surface area contributed by atoms with Gasteiger partial charge in [0, 0.05) is 0 Å². The zero-order valence-electron chi connectivity index (χ0n) is 16.7. The third-order valence-corrected chi connectivity index (χ3v) is 4.22. The molecule has 0 saturated heterocycles. The summed E-state index contributed by atoms with van der Waals surface area (Å²) in [6.07, 6.45) is 11.6. The highest BCUT2D eigenvalue weighted by molar-refractivity contribution is 4.97. The van der Waals surface area contributed by atoms with E-state index in [9.17, 15) is 0 Å². The molecule has 0 aromatic carbocycles. The van der Waals surface area contributed by atoms with Crippen molar-refractivity contribution >= 4 is 0 Å². The molecule has 0 fully saturated rings. The Bertz CT molecular complexity index is 350. The first-order valence-electron chi connectivity index (χ1n) is 9.57. The molecule has 0 aliphatic heterocycles. The van der Waals surface area contributed by atoms with Crippen LogP contribution >= 0.6 is 0 Å². The minimum atomic E-state index is -0.101. The molecule has 0 aliphatic carbocycles. The molecule has 140 valence electrons. The van der Waals surface area contributed by atoms with E-state index < -0.39 is 0 Å². The molecule has 0 spiro atoms. The fraction of sp³-hybridized carbons (Fsp3) is 0.714. The van der Waals surface area contributed by atoms with Crippen LogP contribution in [0, 0.1) is 0 Å². The summed E-state index contributed by atoms with van der Waals surface area (Å²) in [6.45, 7) is 13.9. The van der Waals surface area contributed by atoms with Crippen molar-refractivity contribution in [1.82, 2.24) is 0 Å². The van der Waals surface area contributed by atoms with Gasteiger partial charge in [-0.3, -0.25) is 0 Å². The van der Waals surface area contributed by atoms with Crippen molar-refractivity contribution in [3.05, 3.63) is 35.5 Å². The average Bonchev–Trinajstić information content (AvgIpc) is 2.62. The number of hydrogen-bond donors (Lipinski definition) is 0. The Hall–Kier alpha value is -1.38.